The Bertz CT molecular complexity index is 1100. The van der Waals surface area contributed by atoms with E-state index in [1.807, 2.05) is 19.9 Å². The van der Waals surface area contributed by atoms with E-state index in [1.165, 1.54) is 28.3 Å². The van der Waals surface area contributed by atoms with Gasteiger partial charge in [-0.1, -0.05) is 31.2 Å². The first kappa shape index (κ1) is 21.7. The molecule has 0 saturated heterocycles. The third-order valence-electron chi connectivity index (χ3n) is 6.18. The number of carbonyl (C=O) groups is 1. The van der Waals surface area contributed by atoms with Gasteiger partial charge in [0.1, 0.15) is 5.75 Å². The van der Waals surface area contributed by atoms with Crippen molar-refractivity contribution < 1.29 is 17.9 Å². The standard InChI is InChI=1S/C24H30N2O4S/c1-4-20(19-11-10-17-7-5-6-8-18(17)14-19)25-24(27)23-15-26(31(3,28)29)21-13-16(2)9-12-22(21)30-23/h9-14,20,23H,4-8,15H2,1-3H3,(H,25,27). The smallest absolute Gasteiger partial charge is 0.263 e. The quantitative estimate of drug-likeness (QED) is 0.767. The molecule has 2 aromatic rings. The van der Waals surface area contributed by atoms with Crippen LogP contribution in [0.3, 0.4) is 0 Å². The van der Waals surface area contributed by atoms with Crippen LogP contribution in [0, 0.1) is 6.92 Å². The highest BCUT2D eigenvalue weighted by Gasteiger charge is 2.35. The summed E-state index contributed by atoms with van der Waals surface area (Å²) in [5.41, 5.74) is 5.27. The first-order valence-electron chi connectivity index (χ1n) is 10.9. The molecule has 0 radical (unpaired) electrons. The average molecular weight is 443 g/mol. The maximum Gasteiger partial charge on any atom is 0.263 e. The van der Waals surface area contributed by atoms with Gasteiger partial charge < -0.3 is 10.1 Å². The lowest BCUT2D eigenvalue weighted by Crippen LogP contribution is -2.51. The van der Waals surface area contributed by atoms with Crippen molar-refractivity contribution in [2.24, 2.45) is 0 Å². The van der Waals surface area contributed by atoms with Crippen molar-refractivity contribution in [3.63, 3.8) is 0 Å². The van der Waals surface area contributed by atoms with Crippen LogP contribution < -0.4 is 14.4 Å². The number of nitrogens with one attached hydrogen (secondary N) is 1. The van der Waals surface area contributed by atoms with Crippen LogP contribution in [-0.4, -0.2) is 33.2 Å². The summed E-state index contributed by atoms with van der Waals surface area (Å²) >= 11 is 0. The van der Waals surface area contributed by atoms with E-state index in [-0.39, 0.29) is 18.5 Å². The van der Waals surface area contributed by atoms with Crippen LogP contribution in [0.5, 0.6) is 5.75 Å². The number of nitrogens with zero attached hydrogens (tertiary/aromatic N) is 1. The molecule has 1 aliphatic carbocycles. The maximum atomic E-state index is 13.1. The number of sulfonamides is 1. The van der Waals surface area contributed by atoms with Gasteiger partial charge in [-0.05, 0) is 73.4 Å². The number of anilines is 1. The van der Waals surface area contributed by atoms with Crippen LogP contribution in [0.25, 0.3) is 0 Å². The second-order valence-corrected chi connectivity index (χ2v) is 10.5. The van der Waals surface area contributed by atoms with Gasteiger partial charge in [0.05, 0.1) is 24.5 Å². The van der Waals surface area contributed by atoms with Crippen molar-refractivity contribution in [3.05, 3.63) is 58.7 Å². The molecule has 1 amide bonds. The van der Waals surface area contributed by atoms with E-state index in [2.05, 4.69) is 23.5 Å². The first-order valence-corrected chi connectivity index (χ1v) is 12.8. The molecule has 2 aliphatic rings. The normalized spacial score (nSPS) is 19.1. The Kier molecular flexibility index (Phi) is 5.97. The Morgan fingerprint density at radius 1 is 1.16 bits per heavy atom. The van der Waals surface area contributed by atoms with E-state index >= 15 is 0 Å². The molecule has 166 valence electrons. The summed E-state index contributed by atoms with van der Waals surface area (Å²) in [5.74, 6) is 0.105. The molecule has 2 aromatic carbocycles. The van der Waals surface area contributed by atoms with E-state index < -0.39 is 16.1 Å². The summed E-state index contributed by atoms with van der Waals surface area (Å²) in [7, 11) is -3.55. The minimum Gasteiger partial charge on any atom is -0.476 e. The largest absolute Gasteiger partial charge is 0.476 e. The monoisotopic (exact) mass is 442 g/mol. The number of hydrogen-bond donors (Lipinski definition) is 1. The van der Waals surface area contributed by atoms with Gasteiger partial charge in [0.15, 0.2) is 6.10 Å². The van der Waals surface area contributed by atoms with E-state index in [0.29, 0.717) is 11.4 Å². The van der Waals surface area contributed by atoms with Gasteiger partial charge >= 0.3 is 0 Å². The highest BCUT2D eigenvalue weighted by atomic mass is 32.2. The summed E-state index contributed by atoms with van der Waals surface area (Å²) in [4.78, 5) is 13.1. The molecule has 1 heterocycles. The summed E-state index contributed by atoms with van der Waals surface area (Å²) in [6, 6.07) is 11.7. The zero-order chi connectivity index (χ0) is 22.2. The number of amides is 1. The second kappa shape index (κ2) is 8.54. The van der Waals surface area contributed by atoms with Crippen LogP contribution in [0.15, 0.2) is 36.4 Å². The number of hydrogen-bond acceptors (Lipinski definition) is 4. The van der Waals surface area contributed by atoms with Crippen LogP contribution in [0.1, 0.15) is 54.5 Å². The molecule has 2 atom stereocenters. The third kappa shape index (κ3) is 4.56. The SMILES string of the molecule is CCC(NC(=O)C1CN(S(C)(=O)=O)c2cc(C)ccc2O1)c1ccc2c(c1)CCCC2. The van der Waals surface area contributed by atoms with E-state index in [1.54, 1.807) is 12.1 Å². The van der Waals surface area contributed by atoms with Crippen molar-refractivity contribution in [1.29, 1.82) is 0 Å². The Morgan fingerprint density at radius 2 is 1.90 bits per heavy atom. The fourth-order valence-corrected chi connectivity index (χ4v) is 5.37. The molecule has 6 nitrogen and oxygen atoms in total. The zero-order valence-corrected chi connectivity index (χ0v) is 19.2. The average Bonchev–Trinajstić information content (AvgIpc) is 2.75. The number of carbonyl (C=O) groups excluding carboxylic acids is 1. The van der Waals surface area contributed by atoms with Crippen LogP contribution in [0.2, 0.25) is 0 Å². The van der Waals surface area contributed by atoms with Crippen LogP contribution >= 0.6 is 0 Å². The molecule has 4 rings (SSSR count). The van der Waals surface area contributed by atoms with E-state index in [4.69, 9.17) is 4.74 Å². The Hall–Kier alpha value is -2.54. The van der Waals surface area contributed by atoms with Crippen molar-refractivity contribution in [1.82, 2.24) is 5.32 Å². The summed E-state index contributed by atoms with van der Waals surface area (Å²) in [5, 5.41) is 3.09. The fourth-order valence-electron chi connectivity index (χ4n) is 4.47. The summed E-state index contributed by atoms with van der Waals surface area (Å²) in [6.07, 6.45) is 5.63. The number of rotatable bonds is 5. The molecule has 0 aromatic heterocycles. The molecule has 1 aliphatic heterocycles. The summed E-state index contributed by atoms with van der Waals surface area (Å²) in [6.45, 7) is 3.89. The van der Waals surface area contributed by atoms with Gasteiger partial charge in [0, 0.05) is 0 Å². The molecule has 0 spiro atoms. The van der Waals surface area contributed by atoms with Crippen LogP contribution in [-0.2, 0) is 27.7 Å². The molecule has 1 N–H and O–H groups in total. The second-order valence-electron chi connectivity index (χ2n) is 8.58. The lowest BCUT2D eigenvalue weighted by atomic mass is 9.88. The Morgan fingerprint density at radius 3 is 2.61 bits per heavy atom. The lowest BCUT2D eigenvalue weighted by molar-refractivity contribution is -0.128. The molecule has 0 fully saturated rings. The van der Waals surface area contributed by atoms with Crippen molar-refractivity contribution in [2.45, 2.75) is 58.1 Å². The molecule has 0 saturated carbocycles. The lowest BCUT2D eigenvalue weighted by Gasteiger charge is -2.34. The maximum absolute atomic E-state index is 13.1. The van der Waals surface area contributed by atoms with Crippen molar-refractivity contribution >= 4 is 21.6 Å². The molecule has 7 heteroatoms. The van der Waals surface area contributed by atoms with Gasteiger partial charge in [0.2, 0.25) is 10.0 Å². The zero-order valence-electron chi connectivity index (χ0n) is 18.3. The van der Waals surface area contributed by atoms with Crippen molar-refractivity contribution in [2.75, 3.05) is 17.1 Å². The van der Waals surface area contributed by atoms with Gasteiger partial charge in [-0.25, -0.2) is 8.42 Å². The topological polar surface area (TPSA) is 75.7 Å². The van der Waals surface area contributed by atoms with Crippen molar-refractivity contribution in [3.8, 4) is 5.75 Å². The van der Waals surface area contributed by atoms with Gasteiger partial charge in [-0.15, -0.1) is 0 Å². The molecular formula is C24H30N2O4S. The predicted molar refractivity (Wildman–Crippen MR) is 122 cm³/mol. The minimum absolute atomic E-state index is 0.0399. The third-order valence-corrected chi connectivity index (χ3v) is 7.32. The minimum atomic E-state index is -3.55. The number of aryl methyl sites for hydroxylation is 3. The molecule has 0 bridgehead atoms. The number of fused-ring (bicyclic) bond motifs is 2. The first-order chi connectivity index (χ1) is 14.8. The molecule has 31 heavy (non-hydrogen) atoms. The highest BCUT2D eigenvalue weighted by Crippen LogP contribution is 2.36. The Labute approximate surface area is 184 Å². The van der Waals surface area contributed by atoms with Gasteiger partial charge in [0.25, 0.3) is 5.91 Å². The van der Waals surface area contributed by atoms with Gasteiger partial charge in [-0.2, -0.15) is 0 Å². The Balaban J connectivity index is 1.55. The molecule has 2 unspecified atom stereocenters. The van der Waals surface area contributed by atoms with E-state index in [0.717, 1.165) is 36.6 Å². The highest BCUT2D eigenvalue weighted by molar-refractivity contribution is 7.92. The summed E-state index contributed by atoms with van der Waals surface area (Å²) < 4.78 is 32.0. The number of ether oxygens (including phenoxy) is 1. The van der Waals surface area contributed by atoms with E-state index in [9.17, 15) is 13.2 Å². The predicted octanol–water partition coefficient (Wildman–Crippen LogP) is 3.67. The molecular weight excluding hydrogens is 412 g/mol. The van der Waals surface area contributed by atoms with Gasteiger partial charge in [-0.3, -0.25) is 9.10 Å². The fraction of sp³-hybridized carbons (Fsp3) is 0.458. The number of benzene rings is 2. The van der Waals surface area contributed by atoms with Crippen LogP contribution in [0.4, 0.5) is 5.69 Å².